The third-order valence-electron chi connectivity index (χ3n) is 7.16. The van der Waals surface area contributed by atoms with Crippen molar-refractivity contribution >= 4 is 21.8 Å². The van der Waals surface area contributed by atoms with Crippen molar-refractivity contribution in [1.29, 1.82) is 0 Å². The number of aryl methyl sites for hydroxylation is 1. The normalized spacial score (nSPS) is 15.7. The number of anilines is 1. The van der Waals surface area contributed by atoms with E-state index in [1.807, 2.05) is 65.0 Å². The third kappa shape index (κ3) is 4.87. The number of fused-ring (bicyclic) bond motifs is 1. The van der Waals surface area contributed by atoms with Gasteiger partial charge in [-0.1, -0.05) is 102 Å². The Morgan fingerprint density at radius 1 is 0.842 bits per heavy atom. The van der Waals surface area contributed by atoms with E-state index in [0.29, 0.717) is 16.8 Å². The molecule has 0 saturated carbocycles. The van der Waals surface area contributed by atoms with Crippen molar-refractivity contribution in [3.63, 3.8) is 0 Å². The molecule has 0 spiro atoms. The van der Waals surface area contributed by atoms with Crippen LogP contribution in [0.5, 0.6) is 0 Å². The molecule has 0 aromatic heterocycles. The van der Waals surface area contributed by atoms with Crippen molar-refractivity contribution in [2.45, 2.75) is 77.2 Å². The van der Waals surface area contributed by atoms with Crippen LogP contribution in [0.3, 0.4) is 0 Å². The van der Waals surface area contributed by atoms with Crippen LogP contribution in [0.1, 0.15) is 98.7 Å². The molecule has 38 heavy (non-hydrogen) atoms. The summed E-state index contributed by atoms with van der Waals surface area (Å²) in [6.45, 7) is 14.1. The summed E-state index contributed by atoms with van der Waals surface area (Å²) in [6, 6.07) is 17.2. The summed E-state index contributed by atoms with van der Waals surface area (Å²) in [5.41, 5.74) is 4.76. The molecule has 1 heterocycles. The average molecular weight is 533 g/mol. The minimum Gasteiger partial charge on any atom is -0.259 e. The van der Waals surface area contributed by atoms with Crippen LogP contribution in [0.25, 0.3) is 6.08 Å². The van der Waals surface area contributed by atoms with Crippen molar-refractivity contribution in [2.75, 3.05) is 4.31 Å². The molecule has 7 heteroatoms. The maximum atomic E-state index is 15.0. The monoisotopic (exact) mass is 532 g/mol. The molecule has 1 aliphatic heterocycles. The number of para-hydroxylation sites is 1. The van der Waals surface area contributed by atoms with Crippen LogP contribution >= 0.6 is 0 Å². The summed E-state index contributed by atoms with van der Waals surface area (Å²) in [5, 5.41) is 12.4. The number of sulfonamides is 1. The van der Waals surface area contributed by atoms with Gasteiger partial charge in [-0.05, 0) is 53.0 Å². The molecule has 200 valence electrons. The minimum atomic E-state index is -4.26. The van der Waals surface area contributed by atoms with Gasteiger partial charge in [-0.3, -0.25) is 10.1 Å². The summed E-state index contributed by atoms with van der Waals surface area (Å²) in [5.74, 6) is 0.0828. The molecule has 1 atom stereocenters. The Balaban J connectivity index is 2.12. The van der Waals surface area contributed by atoms with E-state index < -0.39 is 21.0 Å². The molecule has 0 fully saturated rings. The van der Waals surface area contributed by atoms with E-state index in [9.17, 15) is 18.5 Å². The molecule has 1 aliphatic rings. The largest absolute Gasteiger partial charge is 0.274 e. The molecule has 4 rings (SSSR count). The Hall–Kier alpha value is -3.45. The fourth-order valence-corrected chi connectivity index (χ4v) is 7.47. The summed E-state index contributed by atoms with van der Waals surface area (Å²) in [6.07, 6.45) is 1.50. The zero-order valence-electron chi connectivity index (χ0n) is 23.1. The maximum Gasteiger partial charge on any atom is 0.274 e. The van der Waals surface area contributed by atoms with Gasteiger partial charge in [0.25, 0.3) is 15.7 Å². The lowest BCUT2D eigenvalue weighted by Crippen LogP contribution is -2.40. The first-order chi connectivity index (χ1) is 17.8. The molecule has 0 unspecified atom stereocenters. The molecule has 3 aromatic carbocycles. The van der Waals surface area contributed by atoms with E-state index in [-0.39, 0.29) is 28.3 Å². The van der Waals surface area contributed by atoms with Gasteiger partial charge in [0.2, 0.25) is 0 Å². The van der Waals surface area contributed by atoms with Crippen LogP contribution in [0.15, 0.2) is 71.3 Å². The van der Waals surface area contributed by atoms with E-state index in [0.717, 1.165) is 22.3 Å². The first-order valence-corrected chi connectivity index (χ1v) is 14.5. The van der Waals surface area contributed by atoms with Crippen molar-refractivity contribution in [1.82, 2.24) is 0 Å². The first kappa shape index (κ1) is 27.6. The van der Waals surface area contributed by atoms with Gasteiger partial charge in [-0.25, -0.2) is 12.7 Å². The van der Waals surface area contributed by atoms with Gasteiger partial charge >= 0.3 is 0 Å². The highest BCUT2D eigenvalue weighted by Gasteiger charge is 2.45. The van der Waals surface area contributed by atoms with Crippen molar-refractivity contribution < 1.29 is 13.3 Å². The number of rotatable bonds is 7. The highest BCUT2D eigenvalue weighted by molar-refractivity contribution is 7.93. The molecule has 3 aromatic rings. The van der Waals surface area contributed by atoms with Crippen molar-refractivity contribution in [3.8, 4) is 0 Å². The quantitative estimate of drug-likeness (QED) is 0.228. The third-order valence-corrected chi connectivity index (χ3v) is 9.07. The Bertz CT molecular complexity index is 1490. The second-order valence-corrected chi connectivity index (χ2v) is 12.7. The zero-order chi connectivity index (χ0) is 27.9. The Labute approximate surface area is 226 Å². The molecular formula is C31H36N2O4S. The number of hydrogen-bond donors (Lipinski definition) is 0. The Morgan fingerprint density at radius 3 is 1.97 bits per heavy atom. The van der Waals surface area contributed by atoms with Crippen LogP contribution in [-0.2, 0) is 10.0 Å². The standard InChI is InChI=1S/C31H36N2O4S/c1-19(2)25-16-26(20(3)4)31(27(17-25)21(5)6)38(36,37)32-28-14-9-8-12-23(28)18-29(33(34)35)30(32)24-13-10-11-22(7)15-24/h8-21,30H,1-7H3/t30-/m0/s1. The van der Waals surface area contributed by atoms with Gasteiger partial charge in [-0.2, -0.15) is 0 Å². The highest BCUT2D eigenvalue weighted by Crippen LogP contribution is 2.47. The summed E-state index contributed by atoms with van der Waals surface area (Å²) >= 11 is 0. The summed E-state index contributed by atoms with van der Waals surface area (Å²) < 4.78 is 31.3. The van der Waals surface area contributed by atoms with E-state index in [2.05, 4.69) is 13.8 Å². The van der Waals surface area contributed by atoms with Crippen molar-refractivity contribution in [2.24, 2.45) is 0 Å². The van der Waals surface area contributed by atoms with Gasteiger partial charge in [0.1, 0.15) is 0 Å². The molecular weight excluding hydrogens is 496 g/mol. The van der Waals surface area contributed by atoms with Crippen LogP contribution in [0, 0.1) is 17.0 Å². The maximum absolute atomic E-state index is 15.0. The zero-order valence-corrected chi connectivity index (χ0v) is 23.9. The fraction of sp³-hybridized carbons (Fsp3) is 0.355. The second kappa shape index (κ2) is 10.4. The number of nitrogens with zero attached hydrogens (tertiary/aromatic N) is 2. The van der Waals surface area contributed by atoms with E-state index >= 15 is 0 Å². The van der Waals surface area contributed by atoms with E-state index in [1.54, 1.807) is 30.3 Å². The molecule has 0 N–H and O–H groups in total. The number of benzene rings is 3. The SMILES string of the molecule is Cc1cccc([C@H]2C([N+](=O)[O-])=Cc3ccccc3N2S(=O)(=O)c2c(C(C)C)cc(C(C)C)cc2C(C)C)c1. The lowest BCUT2D eigenvalue weighted by Gasteiger charge is -2.36. The molecule has 0 aliphatic carbocycles. The highest BCUT2D eigenvalue weighted by atomic mass is 32.2. The molecule has 0 bridgehead atoms. The predicted molar refractivity (Wildman–Crippen MR) is 154 cm³/mol. The average Bonchev–Trinajstić information content (AvgIpc) is 2.86. The Morgan fingerprint density at radius 2 is 1.45 bits per heavy atom. The van der Waals surface area contributed by atoms with Gasteiger partial charge in [0, 0.05) is 11.6 Å². The number of hydrogen-bond acceptors (Lipinski definition) is 4. The van der Waals surface area contributed by atoms with Crippen LogP contribution < -0.4 is 4.31 Å². The lowest BCUT2D eigenvalue weighted by molar-refractivity contribution is -0.428. The number of nitro groups is 1. The molecule has 0 saturated heterocycles. The smallest absolute Gasteiger partial charge is 0.259 e. The van der Waals surface area contributed by atoms with Crippen LogP contribution in [-0.4, -0.2) is 13.3 Å². The van der Waals surface area contributed by atoms with E-state index in [1.165, 1.54) is 10.4 Å². The van der Waals surface area contributed by atoms with Crippen LogP contribution in [0.4, 0.5) is 5.69 Å². The van der Waals surface area contributed by atoms with Crippen LogP contribution in [0.2, 0.25) is 0 Å². The summed E-state index contributed by atoms with van der Waals surface area (Å²) in [4.78, 5) is 12.2. The topological polar surface area (TPSA) is 80.5 Å². The van der Waals surface area contributed by atoms with Gasteiger partial charge in [0.15, 0.2) is 6.04 Å². The molecule has 6 nitrogen and oxygen atoms in total. The fourth-order valence-electron chi connectivity index (χ4n) is 5.16. The lowest BCUT2D eigenvalue weighted by atomic mass is 9.89. The molecule has 0 radical (unpaired) electrons. The second-order valence-electron chi connectivity index (χ2n) is 11.0. The Kier molecular flexibility index (Phi) is 7.53. The van der Waals surface area contributed by atoms with Gasteiger partial charge in [-0.15, -0.1) is 0 Å². The van der Waals surface area contributed by atoms with E-state index in [4.69, 9.17) is 0 Å². The predicted octanol–water partition coefficient (Wildman–Crippen LogP) is 7.93. The summed E-state index contributed by atoms with van der Waals surface area (Å²) in [7, 11) is -4.26. The minimum absolute atomic E-state index is 0.0704. The molecule has 0 amide bonds. The first-order valence-electron chi connectivity index (χ1n) is 13.1. The van der Waals surface area contributed by atoms with Crippen molar-refractivity contribution in [3.05, 3.63) is 110 Å². The van der Waals surface area contributed by atoms with Gasteiger partial charge < -0.3 is 0 Å². The van der Waals surface area contributed by atoms with Gasteiger partial charge in [0.05, 0.1) is 15.5 Å².